The molecule has 0 amide bonds. The molecule has 112 valence electrons. The molecule has 1 saturated heterocycles. The smallest absolute Gasteiger partial charge is 0.147 e. The number of anilines is 1. The van der Waals surface area contributed by atoms with Crippen LogP contribution in [0.25, 0.3) is 0 Å². The van der Waals surface area contributed by atoms with Crippen molar-refractivity contribution in [3.8, 4) is 0 Å². The summed E-state index contributed by atoms with van der Waals surface area (Å²) in [5, 5.41) is 3.49. The van der Waals surface area contributed by atoms with Crippen LogP contribution >= 0.6 is 15.9 Å². The molecule has 1 heterocycles. The fraction of sp³-hybridized carbons (Fsp3) is 0.600. The molecule has 0 saturated carbocycles. The van der Waals surface area contributed by atoms with Crippen molar-refractivity contribution in [3.63, 3.8) is 0 Å². The molecule has 0 radical (unpaired) electrons. The number of rotatable bonds is 1. The lowest BCUT2D eigenvalue weighted by atomic mass is 9.84. The van der Waals surface area contributed by atoms with Gasteiger partial charge in [-0.1, -0.05) is 20.8 Å². The van der Waals surface area contributed by atoms with Gasteiger partial charge in [0.05, 0.1) is 10.2 Å². The molecule has 1 aliphatic heterocycles. The molecule has 1 aliphatic rings. The molecule has 2 unspecified atom stereocenters. The Kier molecular flexibility index (Phi) is 4.40. The van der Waals surface area contributed by atoms with Gasteiger partial charge in [-0.25, -0.2) is 8.78 Å². The maximum atomic E-state index is 14.2. The minimum atomic E-state index is -0.431. The topological polar surface area (TPSA) is 15.3 Å². The van der Waals surface area contributed by atoms with Crippen molar-refractivity contribution in [1.29, 1.82) is 0 Å². The van der Waals surface area contributed by atoms with E-state index < -0.39 is 5.82 Å². The SMILES string of the molecule is CC1CNC(C(C)(C)C)CN1c1cc(F)c(Br)cc1F. The fourth-order valence-electron chi connectivity index (χ4n) is 2.51. The molecule has 1 aromatic rings. The third-order valence-corrected chi connectivity index (χ3v) is 4.52. The van der Waals surface area contributed by atoms with Crippen LogP contribution in [0.5, 0.6) is 0 Å². The second kappa shape index (κ2) is 5.60. The summed E-state index contributed by atoms with van der Waals surface area (Å²) in [5.74, 6) is -0.820. The molecular weight excluding hydrogens is 326 g/mol. The fourth-order valence-corrected chi connectivity index (χ4v) is 2.83. The van der Waals surface area contributed by atoms with Crippen molar-refractivity contribution in [2.45, 2.75) is 39.8 Å². The second-order valence-electron chi connectivity index (χ2n) is 6.55. The molecule has 0 aliphatic carbocycles. The molecule has 2 nitrogen and oxygen atoms in total. The van der Waals surface area contributed by atoms with Gasteiger partial charge in [-0.2, -0.15) is 0 Å². The summed E-state index contributed by atoms with van der Waals surface area (Å²) >= 11 is 3.02. The molecule has 1 fully saturated rings. The van der Waals surface area contributed by atoms with E-state index in [2.05, 4.69) is 42.0 Å². The Morgan fingerprint density at radius 1 is 1.25 bits per heavy atom. The summed E-state index contributed by atoms with van der Waals surface area (Å²) in [6.07, 6.45) is 0. The first-order valence-electron chi connectivity index (χ1n) is 6.84. The number of piperazine rings is 1. The van der Waals surface area contributed by atoms with Gasteiger partial charge in [-0.15, -0.1) is 0 Å². The molecule has 2 rings (SSSR count). The Hall–Kier alpha value is -0.680. The molecule has 1 N–H and O–H groups in total. The quantitative estimate of drug-likeness (QED) is 0.774. The van der Waals surface area contributed by atoms with Crippen LogP contribution in [0.2, 0.25) is 0 Å². The van der Waals surface area contributed by atoms with Crippen molar-refractivity contribution in [2.75, 3.05) is 18.0 Å². The summed E-state index contributed by atoms with van der Waals surface area (Å²) in [7, 11) is 0. The molecule has 0 spiro atoms. The van der Waals surface area contributed by atoms with Crippen molar-refractivity contribution in [1.82, 2.24) is 5.32 Å². The standard InChI is InChI=1S/C15H21BrF2N2/c1-9-7-19-14(15(2,3)4)8-20(9)13-6-11(17)10(16)5-12(13)18/h5-6,9,14,19H,7-8H2,1-4H3. The highest BCUT2D eigenvalue weighted by Gasteiger charge is 2.33. The van der Waals surface area contributed by atoms with Gasteiger partial charge in [0, 0.05) is 31.2 Å². The zero-order valence-electron chi connectivity index (χ0n) is 12.3. The van der Waals surface area contributed by atoms with Crippen LogP contribution in [-0.2, 0) is 0 Å². The van der Waals surface area contributed by atoms with Crippen LogP contribution in [-0.4, -0.2) is 25.2 Å². The van der Waals surface area contributed by atoms with E-state index in [1.165, 1.54) is 12.1 Å². The maximum absolute atomic E-state index is 14.2. The lowest BCUT2D eigenvalue weighted by Gasteiger charge is -2.45. The van der Waals surface area contributed by atoms with Crippen LogP contribution in [0.1, 0.15) is 27.7 Å². The van der Waals surface area contributed by atoms with Crippen LogP contribution < -0.4 is 10.2 Å². The van der Waals surface area contributed by atoms with E-state index in [1.54, 1.807) is 0 Å². The van der Waals surface area contributed by atoms with E-state index in [1.807, 2.05) is 11.8 Å². The molecule has 2 atom stereocenters. The average Bonchev–Trinajstić information content (AvgIpc) is 2.33. The number of nitrogens with zero attached hydrogens (tertiary/aromatic N) is 1. The third kappa shape index (κ3) is 3.14. The Bertz CT molecular complexity index is 499. The average molecular weight is 347 g/mol. The van der Waals surface area contributed by atoms with E-state index in [0.29, 0.717) is 12.2 Å². The van der Waals surface area contributed by atoms with E-state index in [-0.39, 0.29) is 27.8 Å². The number of halogens is 3. The highest BCUT2D eigenvalue weighted by molar-refractivity contribution is 9.10. The zero-order valence-corrected chi connectivity index (χ0v) is 13.9. The summed E-state index contributed by atoms with van der Waals surface area (Å²) in [6, 6.07) is 2.85. The van der Waals surface area contributed by atoms with E-state index in [0.717, 1.165) is 6.54 Å². The first-order chi connectivity index (χ1) is 9.20. The first-order valence-corrected chi connectivity index (χ1v) is 7.64. The van der Waals surface area contributed by atoms with Gasteiger partial charge in [-0.3, -0.25) is 0 Å². The number of nitrogens with one attached hydrogen (secondary N) is 1. The van der Waals surface area contributed by atoms with Gasteiger partial charge in [0.25, 0.3) is 0 Å². The summed E-state index contributed by atoms with van der Waals surface area (Å²) < 4.78 is 28.0. The Balaban J connectivity index is 2.32. The summed E-state index contributed by atoms with van der Waals surface area (Å²) in [5.41, 5.74) is 0.414. The van der Waals surface area contributed by atoms with Crippen molar-refractivity contribution >= 4 is 21.6 Å². The highest BCUT2D eigenvalue weighted by atomic mass is 79.9. The van der Waals surface area contributed by atoms with Gasteiger partial charge >= 0.3 is 0 Å². The van der Waals surface area contributed by atoms with Crippen molar-refractivity contribution in [3.05, 3.63) is 28.2 Å². The van der Waals surface area contributed by atoms with Crippen LogP contribution in [0, 0.1) is 17.0 Å². The highest BCUT2D eigenvalue weighted by Crippen LogP contribution is 2.31. The Morgan fingerprint density at radius 3 is 2.50 bits per heavy atom. The van der Waals surface area contributed by atoms with E-state index in [4.69, 9.17) is 0 Å². The Labute approximate surface area is 127 Å². The molecule has 0 bridgehead atoms. The predicted molar refractivity (Wildman–Crippen MR) is 82.1 cm³/mol. The molecule has 0 aromatic heterocycles. The summed E-state index contributed by atoms with van der Waals surface area (Å²) in [6.45, 7) is 9.90. The molecule has 5 heteroatoms. The minimum absolute atomic E-state index is 0.0722. The monoisotopic (exact) mass is 346 g/mol. The normalized spacial score (nSPS) is 24.1. The van der Waals surface area contributed by atoms with Crippen molar-refractivity contribution in [2.24, 2.45) is 5.41 Å². The van der Waals surface area contributed by atoms with Gasteiger partial charge in [0.2, 0.25) is 0 Å². The Morgan fingerprint density at radius 2 is 1.90 bits per heavy atom. The molecule has 1 aromatic carbocycles. The van der Waals surface area contributed by atoms with E-state index in [9.17, 15) is 8.78 Å². The van der Waals surface area contributed by atoms with Crippen LogP contribution in [0.3, 0.4) is 0 Å². The largest absolute Gasteiger partial charge is 0.364 e. The van der Waals surface area contributed by atoms with Gasteiger partial charge in [-0.05, 0) is 34.3 Å². The number of hydrogen-bond acceptors (Lipinski definition) is 2. The number of hydrogen-bond donors (Lipinski definition) is 1. The molecular formula is C15H21BrF2N2. The minimum Gasteiger partial charge on any atom is -0.364 e. The van der Waals surface area contributed by atoms with Gasteiger partial charge in [0.15, 0.2) is 0 Å². The third-order valence-electron chi connectivity index (χ3n) is 3.92. The lowest BCUT2D eigenvalue weighted by molar-refractivity contribution is 0.238. The second-order valence-corrected chi connectivity index (χ2v) is 7.40. The van der Waals surface area contributed by atoms with Gasteiger partial charge in [0.1, 0.15) is 11.6 Å². The maximum Gasteiger partial charge on any atom is 0.147 e. The van der Waals surface area contributed by atoms with E-state index >= 15 is 0 Å². The first kappa shape index (κ1) is 15.7. The molecule has 20 heavy (non-hydrogen) atoms. The zero-order chi connectivity index (χ0) is 15.1. The van der Waals surface area contributed by atoms with Crippen LogP contribution in [0.4, 0.5) is 14.5 Å². The van der Waals surface area contributed by atoms with Crippen LogP contribution in [0.15, 0.2) is 16.6 Å². The summed E-state index contributed by atoms with van der Waals surface area (Å²) in [4.78, 5) is 1.96. The lowest BCUT2D eigenvalue weighted by Crippen LogP contribution is -2.59. The predicted octanol–water partition coefficient (Wildman–Crippen LogP) is 3.94. The van der Waals surface area contributed by atoms with Crippen molar-refractivity contribution < 1.29 is 8.78 Å². The van der Waals surface area contributed by atoms with Gasteiger partial charge < -0.3 is 10.2 Å². The number of benzene rings is 1.